The molecule has 13 heteroatoms. The van der Waals surface area contributed by atoms with E-state index in [1.807, 2.05) is 6.92 Å². The summed E-state index contributed by atoms with van der Waals surface area (Å²) >= 11 is 0. The lowest BCUT2D eigenvalue weighted by Crippen LogP contribution is -2.83. The normalized spacial score (nSPS) is 33.8. The largest absolute Gasteiger partial charge is 0.465 e. The van der Waals surface area contributed by atoms with Gasteiger partial charge in [0, 0.05) is 32.8 Å². The molecule has 3 fully saturated rings. The standard InChI is InChI=1S/C34H44O13/c1-7-8-9-14-42-28-25(45-29(37)23-12-10-15-40-23)18-32(6,39)34-27(44-21(3)36)22(31(4,5)47-34)17-26(33(28,34)19-43-20(2)35)46-30(38)24-13-11-16-41-24/h10-13,15-16,22,25-28,39H,7-9,14,17-19H2,1-6H3/t22-,25+,26+,27-,28+,32-,33-,34+/m1/s1. The first-order chi connectivity index (χ1) is 22.2. The summed E-state index contributed by atoms with van der Waals surface area (Å²) in [4.78, 5) is 52.3. The molecule has 0 amide bonds. The minimum Gasteiger partial charge on any atom is -0.465 e. The van der Waals surface area contributed by atoms with Crippen molar-refractivity contribution in [1.29, 1.82) is 0 Å². The van der Waals surface area contributed by atoms with E-state index in [0.717, 1.165) is 12.8 Å². The fourth-order valence-corrected chi connectivity index (χ4v) is 8.03. The number of unbranched alkanes of at least 4 members (excludes halogenated alkanes) is 2. The quantitative estimate of drug-likeness (QED) is 0.193. The summed E-state index contributed by atoms with van der Waals surface area (Å²) in [7, 11) is 0. The highest BCUT2D eigenvalue weighted by molar-refractivity contribution is 5.87. The molecule has 2 aliphatic carbocycles. The minimum atomic E-state index is -1.95. The van der Waals surface area contributed by atoms with Crippen molar-refractivity contribution in [3.63, 3.8) is 0 Å². The molecule has 2 saturated carbocycles. The van der Waals surface area contributed by atoms with Gasteiger partial charge in [0.25, 0.3) is 0 Å². The van der Waals surface area contributed by atoms with Crippen molar-refractivity contribution in [3.05, 3.63) is 48.3 Å². The maximum absolute atomic E-state index is 13.6. The third kappa shape index (κ3) is 5.97. The van der Waals surface area contributed by atoms with E-state index < -0.39 is 83.0 Å². The summed E-state index contributed by atoms with van der Waals surface area (Å²) in [6.45, 7) is 9.26. The molecule has 1 aliphatic heterocycles. The molecule has 47 heavy (non-hydrogen) atoms. The van der Waals surface area contributed by atoms with Crippen molar-refractivity contribution in [2.24, 2.45) is 11.3 Å². The van der Waals surface area contributed by atoms with E-state index in [1.165, 1.54) is 57.6 Å². The van der Waals surface area contributed by atoms with Crippen LogP contribution >= 0.6 is 0 Å². The van der Waals surface area contributed by atoms with Gasteiger partial charge in [0.1, 0.15) is 42.0 Å². The van der Waals surface area contributed by atoms with Gasteiger partial charge in [-0.1, -0.05) is 19.8 Å². The van der Waals surface area contributed by atoms with E-state index in [9.17, 15) is 24.3 Å². The third-order valence-corrected chi connectivity index (χ3v) is 9.87. The first-order valence-electron chi connectivity index (χ1n) is 16.0. The van der Waals surface area contributed by atoms with E-state index in [-0.39, 0.29) is 31.0 Å². The molecule has 1 saturated heterocycles. The Kier molecular flexibility index (Phi) is 9.64. The molecule has 2 aromatic rings. The molecule has 0 aromatic carbocycles. The smallest absolute Gasteiger partial charge is 0.374 e. The van der Waals surface area contributed by atoms with Gasteiger partial charge in [0.05, 0.1) is 23.7 Å². The van der Waals surface area contributed by atoms with Gasteiger partial charge in [0.15, 0.2) is 0 Å². The lowest BCUT2D eigenvalue weighted by molar-refractivity contribution is -0.359. The Labute approximate surface area is 273 Å². The average molecular weight is 661 g/mol. The molecule has 0 unspecified atom stereocenters. The van der Waals surface area contributed by atoms with Crippen LogP contribution in [0.2, 0.25) is 0 Å². The Balaban J connectivity index is 1.75. The molecular weight excluding hydrogens is 616 g/mol. The molecule has 13 nitrogen and oxygen atoms in total. The Morgan fingerprint density at radius 1 is 0.894 bits per heavy atom. The van der Waals surface area contributed by atoms with E-state index in [1.54, 1.807) is 13.8 Å². The highest BCUT2D eigenvalue weighted by Crippen LogP contribution is 2.69. The number of carbonyl (C=O) groups excluding carboxylic acids is 4. The van der Waals surface area contributed by atoms with Crippen LogP contribution < -0.4 is 0 Å². The van der Waals surface area contributed by atoms with Crippen LogP contribution in [0.15, 0.2) is 45.6 Å². The van der Waals surface area contributed by atoms with Crippen LogP contribution in [-0.2, 0) is 38.0 Å². The van der Waals surface area contributed by atoms with E-state index in [0.29, 0.717) is 6.42 Å². The molecule has 1 spiro atoms. The van der Waals surface area contributed by atoms with Gasteiger partial charge >= 0.3 is 23.9 Å². The topological polar surface area (TPSA) is 170 Å². The zero-order valence-electron chi connectivity index (χ0n) is 27.6. The molecule has 8 atom stereocenters. The summed E-state index contributed by atoms with van der Waals surface area (Å²) in [6, 6.07) is 5.96. The number of aliphatic hydroxyl groups is 1. The zero-order valence-corrected chi connectivity index (χ0v) is 27.6. The van der Waals surface area contributed by atoms with Crippen molar-refractivity contribution < 1.29 is 61.5 Å². The second-order valence-electron chi connectivity index (χ2n) is 13.4. The van der Waals surface area contributed by atoms with Crippen LogP contribution in [0.25, 0.3) is 0 Å². The van der Waals surface area contributed by atoms with Crippen LogP contribution in [0.3, 0.4) is 0 Å². The molecule has 258 valence electrons. The van der Waals surface area contributed by atoms with E-state index >= 15 is 0 Å². The minimum absolute atomic E-state index is 0.0458. The average Bonchev–Trinajstić information content (AvgIpc) is 3.74. The van der Waals surface area contributed by atoms with Crippen LogP contribution in [0.5, 0.6) is 0 Å². The van der Waals surface area contributed by atoms with Crippen LogP contribution in [-0.4, -0.2) is 83.4 Å². The van der Waals surface area contributed by atoms with Gasteiger partial charge in [-0.3, -0.25) is 9.59 Å². The fraction of sp³-hybridized carbons (Fsp3) is 0.647. The van der Waals surface area contributed by atoms with Gasteiger partial charge < -0.3 is 42.4 Å². The predicted octanol–water partition coefficient (Wildman–Crippen LogP) is 4.40. The van der Waals surface area contributed by atoms with Crippen molar-refractivity contribution in [2.75, 3.05) is 13.2 Å². The Morgan fingerprint density at radius 2 is 1.53 bits per heavy atom. The SMILES string of the molecule is CCCCCO[C@H]1[C@@H](OC(=O)c2ccco2)C[C@@](C)(O)[C@]23OC(C)(C)[C@H](C[C@H](OC(=O)c4ccco4)[C@]12COC(C)=O)[C@H]3OC(C)=O. The molecular formula is C34H44O13. The second-order valence-corrected chi connectivity index (χ2v) is 13.4. The number of fused-ring (bicyclic) bond motifs is 1. The third-order valence-electron chi connectivity index (χ3n) is 9.87. The molecule has 3 aliphatic rings. The Hall–Kier alpha value is -3.68. The van der Waals surface area contributed by atoms with E-state index in [2.05, 4.69) is 0 Å². The van der Waals surface area contributed by atoms with E-state index in [4.69, 9.17) is 37.3 Å². The molecule has 0 radical (unpaired) electrons. The van der Waals surface area contributed by atoms with Gasteiger partial charge in [-0.05, 0) is 57.9 Å². The summed E-state index contributed by atoms with van der Waals surface area (Å²) in [5.41, 5.74) is -6.70. The highest BCUT2D eigenvalue weighted by Gasteiger charge is 2.86. The zero-order chi connectivity index (χ0) is 34.2. The summed E-state index contributed by atoms with van der Waals surface area (Å²) in [5, 5.41) is 12.7. The second kappa shape index (κ2) is 13.1. The van der Waals surface area contributed by atoms with Gasteiger partial charge in [0.2, 0.25) is 11.5 Å². The number of carbonyl (C=O) groups is 4. The molecule has 2 aromatic heterocycles. The number of ether oxygens (including phenoxy) is 6. The Bertz CT molecular complexity index is 1430. The highest BCUT2D eigenvalue weighted by atomic mass is 16.6. The van der Waals surface area contributed by atoms with Crippen molar-refractivity contribution in [2.45, 2.75) is 115 Å². The molecule has 3 heterocycles. The lowest BCUT2D eigenvalue weighted by Gasteiger charge is -2.66. The van der Waals surface area contributed by atoms with Crippen LogP contribution in [0.1, 0.15) is 94.8 Å². The number of hydrogen-bond donors (Lipinski definition) is 1. The first-order valence-corrected chi connectivity index (χ1v) is 16.0. The lowest BCUT2D eigenvalue weighted by atomic mass is 9.46. The van der Waals surface area contributed by atoms with Crippen LogP contribution in [0.4, 0.5) is 0 Å². The maximum atomic E-state index is 13.6. The Morgan fingerprint density at radius 3 is 2.09 bits per heavy atom. The number of hydrogen-bond acceptors (Lipinski definition) is 13. The number of furan rings is 2. The van der Waals surface area contributed by atoms with Gasteiger partial charge in [-0.25, -0.2) is 9.59 Å². The first kappa shape index (κ1) is 34.6. The molecule has 1 N–H and O–H groups in total. The van der Waals surface area contributed by atoms with Crippen molar-refractivity contribution >= 4 is 23.9 Å². The monoisotopic (exact) mass is 660 g/mol. The van der Waals surface area contributed by atoms with Crippen molar-refractivity contribution in [3.8, 4) is 0 Å². The predicted molar refractivity (Wildman–Crippen MR) is 161 cm³/mol. The molecule has 5 rings (SSSR count). The number of esters is 4. The molecule has 2 bridgehead atoms. The fourth-order valence-electron chi connectivity index (χ4n) is 8.03. The summed E-state index contributed by atoms with van der Waals surface area (Å²) in [5.74, 6) is -3.70. The van der Waals surface area contributed by atoms with Crippen molar-refractivity contribution in [1.82, 2.24) is 0 Å². The maximum Gasteiger partial charge on any atom is 0.374 e. The summed E-state index contributed by atoms with van der Waals surface area (Å²) in [6.07, 6.45) is 0.0934. The van der Waals surface area contributed by atoms with Crippen LogP contribution in [0, 0.1) is 11.3 Å². The number of rotatable bonds is 12. The summed E-state index contributed by atoms with van der Waals surface area (Å²) < 4.78 is 48.3. The van der Waals surface area contributed by atoms with Gasteiger partial charge in [-0.15, -0.1) is 0 Å². The van der Waals surface area contributed by atoms with Gasteiger partial charge in [-0.2, -0.15) is 0 Å².